The number of rotatable bonds is 1. The summed E-state index contributed by atoms with van der Waals surface area (Å²) in [5.41, 5.74) is 0. The van der Waals surface area contributed by atoms with Crippen LogP contribution >= 0.6 is 21.6 Å². The van der Waals surface area contributed by atoms with Crippen LogP contribution in [0.4, 0.5) is 0 Å². The van der Waals surface area contributed by atoms with E-state index in [9.17, 15) is 0 Å². The van der Waals surface area contributed by atoms with Crippen LogP contribution in [-0.2, 0) is 0 Å². The van der Waals surface area contributed by atoms with Crippen molar-refractivity contribution in [3.05, 3.63) is 0 Å². The third kappa shape index (κ3) is 1.79. The van der Waals surface area contributed by atoms with E-state index >= 15 is 0 Å². The smallest absolute Gasteiger partial charge is 0.0180 e. The Morgan fingerprint density at radius 2 is 2.00 bits per heavy atom. The minimum absolute atomic E-state index is 0.879. The average molecular weight is 202 g/mol. The molecule has 1 saturated carbocycles. The standard InChI is InChI=1S/C10H18S2/c1-7(2)10-6-8-4-3-5-9(8)11-12-10/h7-10H,3-6H2,1-2H3. The fourth-order valence-corrected chi connectivity index (χ4v) is 6.28. The quantitative estimate of drug-likeness (QED) is 0.590. The van der Waals surface area contributed by atoms with Gasteiger partial charge in [-0.1, -0.05) is 41.9 Å². The Hall–Kier alpha value is 0.700. The van der Waals surface area contributed by atoms with Gasteiger partial charge in [0.1, 0.15) is 0 Å². The topological polar surface area (TPSA) is 0 Å². The summed E-state index contributed by atoms with van der Waals surface area (Å²) < 4.78 is 0. The highest BCUT2D eigenvalue weighted by Crippen LogP contribution is 2.52. The minimum atomic E-state index is 0.879. The molecule has 3 atom stereocenters. The van der Waals surface area contributed by atoms with Crippen molar-refractivity contribution in [2.75, 3.05) is 0 Å². The molecule has 1 aliphatic heterocycles. The van der Waals surface area contributed by atoms with Gasteiger partial charge in [-0.05, 0) is 31.1 Å². The molecule has 0 radical (unpaired) electrons. The van der Waals surface area contributed by atoms with E-state index in [2.05, 4.69) is 35.4 Å². The van der Waals surface area contributed by atoms with Gasteiger partial charge in [-0.2, -0.15) is 0 Å². The molecule has 0 bridgehead atoms. The molecule has 1 saturated heterocycles. The van der Waals surface area contributed by atoms with Crippen molar-refractivity contribution in [3.8, 4) is 0 Å². The van der Waals surface area contributed by atoms with E-state index in [1.165, 1.54) is 25.7 Å². The molecule has 0 spiro atoms. The number of hydrogen-bond donors (Lipinski definition) is 0. The summed E-state index contributed by atoms with van der Waals surface area (Å²) in [5.74, 6) is 1.95. The van der Waals surface area contributed by atoms with Crippen molar-refractivity contribution < 1.29 is 0 Å². The zero-order valence-electron chi connectivity index (χ0n) is 7.95. The van der Waals surface area contributed by atoms with E-state index in [1.54, 1.807) is 0 Å². The van der Waals surface area contributed by atoms with E-state index in [4.69, 9.17) is 0 Å². The van der Waals surface area contributed by atoms with Gasteiger partial charge in [0, 0.05) is 10.5 Å². The van der Waals surface area contributed by atoms with Crippen LogP contribution in [0.5, 0.6) is 0 Å². The molecule has 0 aromatic rings. The summed E-state index contributed by atoms with van der Waals surface area (Å²) in [6.45, 7) is 4.74. The second kappa shape index (κ2) is 3.83. The van der Waals surface area contributed by atoms with Crippen LogP contribution in [0.25, 0.3) is 0 Å². The molecule has 0 amide bonds. The third-order valence-electron chi connectivity index (χ3n) is 3.17. The van der Waals surface area contributed by atoms with E-state index < -0.39 is 0 Å². The van der Waals surface area contributed by atoms with E-state index in [0.29, 0.717) is 0 Å². The maximum absolute atomic E-state index is 2.37. The normalized spacial score (nSPS) is 41.8. The summed E-state index contributed by atoms with van der Waals surface area (Å²) in [5, 5.41) is 1.96. The van der Waals surface area contributed by atoms with Crippen LogP contribution in [0.2, 0.25) is 0 Å². The van der Waals surface area contributed by atoms with Gasteiger partial charge in [-0.3, -0.25) is 0 Å². The van der Waals surface area contributed by atoms with Crippen molar-refractivity contribution in [3.63, 3.8) is 0 Å². The largest absolute Gasteiger partial charge is 0.0902 e. The van der Waals surface area contributed by atoms with Gasteiger partial charge in [-0.25, -0.2) is 0 Å². The maximum Gasteiger partial charge on any atom is 0.0180 e. The van der Waals surface area contributed by atoms with Crippen molar-refractivity contribution in [2.45, 2.75) is 50.0 Å². The van der Waals surface area contributed by atoms with Crippen LogP contribution in [0.15, 0.2) is 0 Å². The molecular weight excluding hydrogens is 184 g/mol. The Morgan fingerprint density at radius 1 is 1.17 bits per heavy atom. The molecule has 70 valence electrons. The first kappa shape index (κ1) is 9.26. The van der Waals surface area contributed by atoms with Crippen LogP contribution in [0, 0.1) is 11.8 Å². The lowest BCUT2D eigenvalue weighted by atomic mass is 9.96. The fraction of sp³-hybridized carbons (Fsp3) is 1.00. The van der Waals surface area contributed by atoms with Gasteiger partial charge >= 0.3 is 0 Å². The summed E-state index contributed by atoms with van der Waals surface area (Å²) in [6, 6.07) is 0. The Kier molecular flexibility index (Phi) is 2.96. The predicted octanol–water partition coefficient (Wildman–Crippen LogP) is 3.96. The summed E-state index contributed by atoms with van der Waals surface area (Å²) in [6.07, 6.45) is 6.00. The number of fused-ring (bicyclic) bond motifs is 1. The van der Waals surface area contributed by atoms with Crippen LogP contribution in [0.1, 0.15) is 39.5 Å². The molecule has 2 heteroatoms. The molecule has 0 N–H and O–H groups in total. The van der Waals surface area contributed by atoms with Crippen molar-refractivity contribution >= 4 is 21.6 Å². The number of hydrogen-bond acceptors (Lipinski definition) is 2. The fourth-order valence-electron chi connectivity index (χ4n) is 2.26. The summed E-state index contributed by atoms with van der Waals surface area (Å²) in [7, 11) is 4.35. The van der Waals surface area contributed by atoms with Gasteiger partial charge in [0.25, 0.3) is 0 Å². The molecule has 3 unspecified atom stereocenters. The summed E-state index contributed by atoms with van der Waals surface area (Å²) >= 11 is 0. The monoisotopic (exact) mass is 202 g/mol. The maximum atomic E-state index is 2.37. The van der Waals surface area contributed by atoms with Crippen molar-refractivity contribution in [2.24, 2.45) is 11.8 Å². The van der Waals surface area contributed by atoms with E-state index in [0.717, 1.165) is 22.3 Å². The van der Waals surface area contributed by atoms with Crippen LogP contribution in [-0.4, -0.2) is 10.5 Å². The zero-order chi connectivity index (χ0) is 8.55. The highest BCUT2D eigenvalue weighted by Gasteiger charge is 2.35. The molecule has 2 aliphatic rings. The van der Waals surface area contributed by atoms with Gasteiger partial charge in [0.15, 0.2) is 0 Å². The molecule has 1 aliphatic carbocycles. The van der Waals surface area contributed by atoms with Crippen LogP contribution < -0.4 is 0 Å². The highest BCUT2D eigenvalue weighted by molar-refractivity contribution is 8.77. The van der Waals surface area contributed by atoms with Gasteiger partial charge in [0.2, 0.25) is 0 Å². The summed E-state index contributed by atoms with van der Waals surface area (Å²) in [4.78, 5) is 0. The minimum Gasteiger partial charge on any atom is -0.0902 e. The molecule has 0 aromatic carbocycles. The molecule has 2 fully saturated rings. The first-order valence-electron chi connectivity index (χ1n) is 5.09. The first-order chi connectivity index (χ1) is 5.77. The van der Waals surface area contributed by atoms with Gasteiger partial charge < -0.3 is 0 Å². The highest BCUT2D eigenvalue weighted by atomic mass is 33.1. The molecule has 0 nitrogen and oxygen atoms in total. The molecular formula is C10H18S2. The second-order valence-electron chi connectivity index (χ2n) is 4.44. The van der Waals surface area contributed by atoms with Gasteiger partial charge in [-0.15, -0.1) is 0 Å². The van der Waals surface area contributed by atoms with Crippen LogP contribution in [0.3, 0.4) is 0 Å². The first-order valence-corrected chi connectivity index (χ1v) is 7.37. The molecule has 1 heterocycles. The van der Waals surface area contributed by atoms with Gasteiger partial charge in [0.05, 0.1) is 0 Å². The lowest BCUT2D eigenvalue weighted by Crippen LogP contribution is -2.24. The lowest BCUT2D eigenvalue weighted by Gasteiger charge is -2.32. The zero-order valence-corrected chi connectivity index (χ0v) is 9.59. The molecule has 0 aromatic heterocycles. The Balaban J connectivity index is 1.92. The molecule has 12 heavy (non-hydrogen) atoms. The van der Waals surface area contributed by atoms with Crippen molar-refractivity contribution in [1.82, 2.24) is 0 Å². The Labute approximate surface area is 83.7 Å². The van der Waals surface area contributed by atoms with E-state index in [-0.39, 0.29) is 0 Å². The Bertz CT molecular complexity index is 156. The van der Waals surface area contributed by atoms with E-state index in [1.807, 2.05) is 0 Å². The second-order valence-corrected chi connectivity index (χ2v) is 7.19. The van der Waals surface area contributed by atoms with Crippen molar-refractivity contribution in [1.29, 1.82) is 0 Å². The average Bonchev–Trinajstić information content (AvgIpc) is 2.49. The molecule has 2 rings (SSSR count). The lowest BCUT2D eigenvalue weighted by molar-refractivity contribution is 0.448. The SMILES string of the molecule is CC(C)C1CC2CCCC2SS1. The Morgan fingerprint density at radius 3 is 2.75 bits per heavy atom. The third-order valence-corrected chi connectivity index (χ3v) is 6.95. The predicted molar refractivity (Wildman–Crippen MR) is 59.6 cm³/mol.